The molecule has 2 rings (SSSR count). The molecule has 2 aromatic carbocycles. The van der Waals surface area contributed by atoms with E-state index in [4.69, 9.17) is 0 Å². The number of phenols is 1. The molecule has 2 N–H and O–H groups in total. The molecule has 118 valence electrons. The Kier molecular flexibility index (Phi) is 5.42. The van der Waals surface area contributed by atoms with E-state index in [1.54, 1.807) is 12.1 Å². The summed E-state index contributed by atoms with van der Waals surface area (Å²) in [6.07, 6.45) is 1.30. The molecule has 1 amide bonds. The van der Waals surface area contributed by atoms with Crippen LogP contribution in [0.3, 0.4) is 0 Å². The van der Waals surface area contributed by atoms with E-state index in [2.05, 4.69) is 26.5 Å². The Bertz CT molecular complexity index is 760. The highest BCUT2D eigenvalue weighted by Gasteiger charge is 2.09. The van der Waals surface area contributed by atoms with Crippen LogP contribution in [-0.2, 0) is 11.2 Å². The van der Waals surface area contributed by atoms with Crippen molar-refractivity contribution in [1.29, 1.82) is 0 Å². The fourth-order valence-electron chi connectivity index (χ4n) is 1.76. The highest BCUT2D eigenvalue weighted by Crippen LogP contribution is 2.21. The zero-order valence-corrected chi connectivity index (χ0v) is 13.4. The SMILES string of the molecule is O=C(Cc1ccc(Br)cc1)NN=Cc1cc([N+](=O)[O-])ccc1O. The number of rotatable bonds is 5. The van der Waals surface area contributed by atoms with Gasteiger partial charge in [-0.05, 0) is 23.8 Å². The zero-order valence-electron chi connectivity index (χ0n) is 11.8. The summed E-state index contributed by atoms with van der Waals surface area (Å²) in [6.45, 7) is 0. The topological polar surface area (TPSA) is 105 Å². The summed E-state index contributed by atoms with van der Waals surface area (Å²) in [7, 11) is 0. The number of amides is 1. The third-order valence-corrected chi connectivity index (χ3v) is 3.42. The number of aromatic hydroxyl groups is 1. The van der Waals surface area contributed by atoms with Gasteiger partial charge in [0.1, 0.15) is 5.75 Å². The van der Waals surface area contributed by atoms with Crippen molar-refractivity contribution in [3.8, 4) is 5.75 Å². The lowest BCUT2D eigenvalue weighted by atomic mass is 10.1. The lowest BCUT2D eigenvalue weighted by Crippen LogP contribution is -2.19. The van der Waals surface area contributed by atoms with Crippen LogP contribution in [0.5, 0.6) is 5.75 Å². The number of nitrogens with zero attached hydrogens (tertiary/aromatic N) is 2. The van der Waals surface area contributed by atoms with Gasteiger partial charge in [-0.2, -0.15) is 5.10 Å². The molecule has 0 saturated carbocycles. The molecule has 0 fully saturated rings. The third-order valence-electron chi connectivity index (χ3n) is 2.89. The van der Waals surface area contributed by atoms with Crippen molar-refractivity contribution in [3.63, 3.8) is 0 Å². The Labute approximate surface area is 139 Å². The number of nitro benzene ring substituents is 1. The van der Waals surface area contributed by atoms with Crippen molar-refractivity contribution in [3.05, 3.63) is 68.2 Å². The molecule has 0 atom stereocenters. The van der Waals surface area contributed by atoms with Crippen LogP contribution in [0.1, 0.15) is 11.1 Å². The lowest BCUT2D eigenvalue weighted by Gasteiger charge is -2.01. The quantitative estimate of drug-likeness (QED) is 0.474. The number of carbonyl (C=O) groups is 1. The number of non-ortho nitro benzene ring substituents is 1. The van der Waals surface area contributed by atoms with Gasteiger partial charge in [0.2, 0.25) is 5.91 Å². The van der Waals surface area contributed by atoms with Gasteiger partial charge in [-0.1, -0.05) is 28.1 Å². The maximum atomic E-state index is 11.7. The van der Waals surface area contributed by atoms with E-state index in [-0.39, 0.29) is 29.3 Å². The number of phenolic OH excluding ortho intramolecular Hbond substituents is 1. The van der Waals surface area contributed by atoms with Crippen molar-refractivity contribution in [2.45, 2.75) is 6.42 Å². The Morgan fingerprint density at radius 2 is 2.00 bits per heavy atom. The molecule has 8 heteroatoms. The smallest absolute Gasteiger partial charge is 0.270 e. The molecule has 0 saturated heterocycles. The molecule has 23 heavy (non-hydrogen) atoms. The predicted molar refractivity (Wildman–Crippen MR) is 88.3 cm³/mol. The number of hydrogen-bond donors (Lipinski definition) is 2. The van der Waals surface area contributed by atoms with Gasteiger partial charge >= 0.3 is 0 Å². The van der Waals surface area contributed by atoms with E-state index in [0.29, 0.717) is 0 Å². The Morgan fingerprint density at radius 3 is 2.65 bits per heavy atom. The second-order valence-corrected chi connectivity index (χ2v) is 5.51. The summed E-state index contributed by atoms with van der Waals surface area (Å²) < 4.78 is 0.917. The molecule has 0 unspecified atom stereocenters. The second-order valence-electron chi connectivity index (χ2n) is 4.60. The van der Waals surface area contributed by atoms with Crippen LogP contribution < -0.4 is 5.43 Å². The fraction of sp³-hybridized carbons (Fsp3) is 0.0667. The van der Waals surface area contributed by atoms with Gasteiger partial charge in [-0.15, -0.1) is 0 Å². The van der Waals surface area contributed by atoms with E-state index < -0.39 is 4.92 Å². The molecular weight excluding hydrogens is 366 g/mol. The first-order valence-corrected chi connectivity index (χ1v) is 7.29. The van der Waals surface area contributed by atoms with Crippen LogP contribution in [0, 0.1) is 10.1 Å². The van der Waals surface area contributed by atoms with Crippen LogP contribution >= 0.6 is 15.9 Å². The van der Waals surface area contributed by atoms with E-state index in [1.165, 1.54) is 18.2 Å². The predicted octanol–water partition coefficient (Wildman–Crippen LogP) is 2.76. The van der Waals surface area contributed by atoms with E-state index in [0.717, 1.165) is 16.3 Å². The number of hydrazone groups is 1. The molecule has 0 aromatic heterocycles. The molecular formula is C15H12BrN3O4. The van der Waals surface area contributed by atoms with Crippen LogP contribution in [0.2, 0.25) is 0 Å². The van der Waals surface area contributed by atoms with Gasteiger partial charge in [-0.3, -0.25) is 14.9 Å². The summed E-state index contributed by atoms with van der Waals surface area (Å²) in [6, 6.07) is 10.8. The molecule has 0 spiro atoms. The fourth-order valence-corrected chi connectivity index (χ4v) is 2.02. The number of halogens is 1. The van der Waals surface area contributed by atoms with Gasteiger partial charge < -0.3 is 5.11 Å². The van der Waals surface area contributed by atoms with Gasteiger partial charge in [0, 0.05) is 22.2 Å². The van der Waals surface area contributed by atoms with Crippen LogP contribution in [0.25, 0.3) is 0 Å². The van der Waals surface area contributed by atoms with Crippen LogP contribution in [0.4, 0.5) is 5.69 Å². The molecule has 2 aromatic rings. The van der Waals surface area contributed by atoms with Crippen LogP contribution in [0.15, 0.2) is 52.0 Å². The molecule has 0 aliphatic rings. The minimum Gasteiger partial charge on any atom is -0.507 e. The van der Waals surface area contributed by atoms with E-state index in [9.17, 15) is 20.0 Å². The Hall–Kier alpha value is -2.74. The lowest BCUT2D eigenvalue weighted by molar-refractivity contribution is -0.384. The van der Waals surface area contributed by atoms with Crippen LogP contribution in [-0.4, -0.2) is 22.2 Å². The normalized spacial score (nSPS) is 10.7. The largest absolute Gasteiger partial charge is 0.507 e. The minimum atomic E-state index is -0.580. The molecule has 7 nitrogen and oxygen atoms in total. The maximum absolute atomic E-state index is 11.7. The standard InChI is InChI=1S/C15H12BrN3O4/c16-12-3-1-10(2-4-12)7-15(21)18-17-9-11-8-13(19(22)23)5-6-14(11)20/h1-6,8-9,20H,7H2,(H,18,21). The first kappa shape index (κ1) is 16.6. The second kappa shape index (κ2) is 7.50. The average molecular weight is 378 g/mol. The summed E-state index contributed by atoms with van der Waals surface area (Å²) in [5.41, 5.74) is 3.09. The molecule has 0 aliphatic heterocycles. The van der Waals surface area contributed by atoms with Gasteiger partial charge in [0.25, 0.3) is 5.69 Å². The number of hydrogen-bond acceptors (Lipinski definition) is 5. The van der Waals surface area contributed by atoms with E-state index >= 15 is 0 Å². The first-order chi connectivity index (χ1) is 11.0. The van der Waals surface area contributed by atoms with Crippen molar-refractivity contribution >= 4 is 33.7 Å². The first-order valence-electron chi connectivity index (χ1n) is 6.49. The minimum absolute atomic E-state index is 0.142. The third kappa shape index (κ3) is 4.89. The number of nitrogens with one attached hydrogen (secondary N) is 1. The monoisotopic (exact) mass is 377 g/mol. The Morgan fingerprint density at radius 1 is 1.30 bits per heavy atom. The highest BCUT2D eigenvalue weighted by molar-refractivity contribution is 9.10. The summed E-state index contributed by atoms with van der Waals surface area (Å²) in [5.74, 6) is -0.505. The highest BCUT2D eigenvalue weighted by atomic mass is 79.9. The zero-order chi connectivity index (χ0) is 16.8. The van der Waals surface area contributed by atoms with E-state index in [1.807, 2.05) is 12.1 Å². The van der Waals surface area contributed by atoms with Crippen molar-refractivity contribution in [2.75, 3.05) is 0 Å². The number of carbonyl (C=O) groups excluding carboxylic acids is 1. The molecule has 0 radical (unpaired) electrons. The summed E-state index contributed by atoms with van der Waals surface area (Å²) >= 11 is 3.31. The van der Waals surface area contributed by atoms with Crippen molar-refractivity contribution in [1.82, 2.24) is 5.43 Å². The van der Waals surface area contributed by atoms with Gasteiger partial charge in [0.05, 0.1) is 17.6 Å². The molecule has 0 aliphatic carbocycles. The van der Waals surface area contributed by atoms with Gasteiger partial charge in [0.15, 0.2) is 0 Å². The summed E-state index contributed by atoms with van der Waals surface area (Å²) in [4.78, 5) is 21.8. The van der Waals surface area contributed by atoms with Crippen molar-refractivity contribution in [2.24, 2.45) is 5.10 Å². The van der Waals surface area contributed by atoms with Crippen molar-refractivity contribution < 1.29 is 14.8 Å². The number of nitro groups is 1. The Balaban J connectivity index is 1.98. The van der Waals surface area contributed by atoms with Gasteiger partial charge in [-0.25, -0.2) is 5.43 Å². The molecule has 0 bridgehead atoms. The number of benzene rings is 2. The average Bonchev–Trinajstić information content (AvgIpc) is 2.51. The maximum Gasteiger partial charge on any atom is 0.270 e. The summed E-state index contributed by atoms with van der Waals surface area (Å²) in [5, 5.41) is 24.0. The molecule has 0 heterocycles.